The Balaban J connectivity index is 1.71. The summed E-state index contributed by atoms with van der Waals surface area (Å²) >= 11 is 0. The summed E-state index contributed by atoms with van der Waals surface area (Å²) in [6, 6.07) is -0.0647. The number of hydrogen-bond donors (Lipinski definition) is 1. The summed E-state index contributed by atoms with van der Waals surface area (Å²) in [6.07, 6.45) is 6.27. The highest BCUT2D eigenvalue weighted by molar-refractivity contribution is 5.76. The summed E-state index contributed by atoms with van der Waals surface area (Å²) in [6.45, 7) is 4.06. The van der Waals surface area contributed by atoms with Gasteiger partial charge in [0.2, 0.25) is 5.91 Å². The summed E-state index contributed by atoms with van der Waals surface area (Å²) in [5.41, 5.74) is 0. The summed E-state index contributed by atoms with van der Waals surface area (Å²) in [4.78, 5) is 26.4. The number of rotatable bonds is 2. The van der Waals surface area contributed by atoms with Crippen LogP contribution in [0.2, 0.25) is 0 Å². The highest BCUT2D eigenvalue weighted by Crippen LogP contribution is 2.29. The molecule has 1 aliphatic carbocycles. The average Bonchev–Trinajstić information content (AvgIpc) is 3.13. The average molecular weight is 237 g/mol. The van der Waals surface area contributed by atoms with Crippen LogP contribution < -0.4 is 5.32 Å². The molecule has 0 radical (unpaired) electrons. The molecule has 1 saturated carbocycles. The minimum atomic E-state index is -0.0647. The van der Waals surface area contributed by atoms with Gasteiger partial charge >= 0.3 is 6.03 Å². The Kier molecular flexibility index (Phi) is 3.66. The molecule has 0 aromatic carbocycles. The van der Waals surface area contributed by atoms with Crippen LogP contribution >= 0.6 is 0 Å². The first-order chi connectivity index (χ1) is 8.16. The lowest BCUT2D eigenvalue weighted by molar-refractivity contribution is -0.130. The Labute approximate surface area is 101 Å². The zero-order valence-corrected chi connectivity index (χ0v) is 10.2. The minimum Gasteiger partial charge on any atom is -0.339 e. The molecule has 0 spiro atoms. The van der Waals surface area contributed by atoms with Crippen molar-refractivity contribution in [2.24, 2.45) is 5.92 Å². The van der Waals surface area contributed by atoms with Crippen molar-refractivity contribution >= 4 is 11.9 Å². The van der Waals surface area contributed by atoms with Gasteiger partial charge in [0.1, 0.15) is 0 Å². The second-order valence-electron chi connectivity index (χ2n) is 4.64. The number of carbonyl (C=O) groups excluding carboxylic acids is 2. The van der Waals surface area contributed by atoms with Crippen molar-refractivity contribution in [2.75, 3.05) is 26.2 Å². The van der Waals surface area contributed by atoms with E-state index < -0.39 is 0 Å². The van der Waals surface area contributed by atoms with Gasteiger partial charge in [-0.15, -0.1) is 0 Å². The van der Waals surface area contributed by atoms with E-state index in [0.717, 1.165) is 0 Å². The Hall–Kier alpha value is -1.52. The van der Waals surface area contributed by atoms with Crippen LogP contribution in [0, 0.1) is 5.92 Å². The van der Waals surface area contributed by atoms with Crippen molar-refractivity contribution < 1.29 is 9.59 Å². The van der Waals surface area contributed by atoms with Gasteiger partial charge in [0.15, 0.2) is 0 Å². The Morgan fingerprint density at radius 1 is 1.12 bits per heavy atom. The lowest BCUT2D eigenvalue weighted by Gasteiger charge is -2.33. The smallest absolute Gasteiger partial charge is 0.321 e. The molecule has 17 heavy (non-hydrogen) atoms. The van der Waals surface area contributed by atoms with E-state index in [9.17, 15) is 9.59 Å². The molecule has 1 saturated heterocycles. The lowest BCUT2D eigenvalue weighted by Crippen LogP contribution is -2.52. The van der Waals surface area contributed by atoms with Crippen LogP contribution in [0.4, 0.5) is 4.79 Å². The van der Waals surface area contributed by atoms with Crippen LogP contribution in [0.3, 0.4) is 0 Å². The zero-order valence-electron chi connectivity index (χ0n) is 10.2. The van der Waals surface area contributed by atoms with Crippen molar-refractivity contribution in [3.63, 3.8) is 0 Å². The number of piperazine rings is 1. The molecular formula is C12H19N3O2. The Bertz CT molecular complexity index is 329. The van der Waals surface area contributed by atoms with E-state index in [1.54, 1.807) is 22.9 Å². The van der Waals surface area contributed by atoms with E-state index in [0.29, 0.717) is 32.1 Å². The Morgan fingerprint density at radius 3 is 2.24 bits per heavy atom. The fourth-order valence-corrected chi connectivity index (χ4v) is 1.86. The molecule has 1 heterocycles. The van der Waals surface area contributed by atoms with E-state index in [4.69, 9.17) is 0 Å². The molecule has 94 valence electrons. The highest BCUT2D eigenvalue weighted by atomic mass is 16.2. The summed E-state index contributed by atoms with van der Waals surface area (Å²) in [5.74, 6) is 0.753. The van der Waals surface area contributed by atoms with Crippen molar-refractivity contribution in [1.82, 2.24) is 15.1 Å². The third kappa shape index (κ3) is 3.47. The summed E-state index contributed by atoms with van der Waals surface area (Å²) in [7, 11) is 0. The molecule has 1 N–H and O–H groups in total. The first-order valence-electron chi connectivity index (χ1n) is 6.14. The maximum absolute atomic E-state index is 11.7. The second-order valence-corrected chi connectivity index (χ2v) is 4.64. The summed E-state index contributed by atoms with van der Waals surface area (Å²) in [5, 5.41) is 2.77. The van der Waals surface area contributed by atoms with E-state index in [1.807, 2.05) is 6.08 Å². The molecule has 0 atom stereocenters. The molecule has 5 heteroatoms. The highest BCUT2D eigenvalue weighted by Gasteiger charge is 2.22. The molecule has 0 unspecified atom stereocenters. The zero-order chi connectivity index (χ0) is 12.3. The first kappa shape index (κ1) is 12.0. The number of urea groups is 1. The molecule has 0 aromatic rings. The van der Waals surface area contributed by atoms with Crippen molar-refractivity contribution in [3.8, 4) is 0 Å². The predicted octanol–water partition coefficient (Wildman–Crippen LogP) is 0.784. The molecule has 5 nitrogen and oxygen atoms in total. The van der Waals surface area contributed by atoms with Gasteiger partial charge in [-0.1, -0.05) is 6.08 Å². The molecule has 0 aromatic heterocycles. The molecule has 2 rings (SSSR count). The van der Waals surface area contributed by atoms with E-state index in [1.165, 1.54) is 12.8 Å². The molecule has 1 aliphatic heterocycles. The van der Waals surface area contributed by atoms with Crippen molar-refractivity contribution in [3.05, 3.63) is 12.3 Å². The third-order valence-corrected chi connectivity index (χ3v) is 3.21. The number of hydrogen-bond acceptors (Lipinski definition) is 2. The van der Waals surface area contributed by atoms with Crippen LogP contribution in [0.25, 0.3) is 0 Å². The van der Waals surface area contributed by atoms with Gasteiger partial charge in [0.05, 0.1) is 0 Å². The second kappa shape index (κ2) is 5.21. The number of nitrogens with zero attached hydrogens (tertiary/aromatic N) is 2. The molecule has 0 bridgehead atoms. The van der Waals surface area contributed by atoms with Crippen molar-refractivity contribution in [2.45, 2.75) is 19.8 Å². The van der Waals surface area contributed by atoms with Gasteiger partial charge in [-0.2, -0.15) is 0 Å². The Morgan fingerprint density at radius 2 is 1.71 bits per heavy atom. The molecule has 2 aliphatic rings. The van der Waals surface area contributed by atoms with Crippen molar-refractivity contribution in [1.29, 1.82) is 0 Å². The molecular weight excluding hydrogens is 218 g/mol. The standard InChI is InChI=1S/C12H19N3O2/c1-10(16)14-6-8-15(9-7-14)12(17)13-5-4-11-2-3-11/h4-5,11H,2-3,6-9H2,1H3,(H,13,17)/b5-4+. The number of carbonyl (C=O) groups is 2. The van der Waals surface area contributed by atoms with Crippen LogP contribution in [-0.2, 0) is 4.79 Å². The monoisotopic (exact) mass is 237 g/mol. The van der Waals surface area contributed by atoms with Gasteiger partial charge in [0, 0.05) is 39.3 Å². The van der Waals surface area contributed by atoms with Gasteiger partial charge in [-0.3, -0.25) is 4.79 Å². The number of nitrogens with one attached hydrogen (secondary N) is 1. The number of amides is 3. The van der Waals surface area contributed by atoms with Gasteiger partial charge in [-0.05, 0) is 18.8 Å². The molecule has 3 amide bonds. The van der Waals surface area contributed by atoms with Gasteiger partial charge in [-0.25, -0.2) is 4.79 Å². The normalized spacial score (nSPS) is 20.8. The largest absolute Gasteiger partial charge is 0.339 e. The van der Waals surface area contributed by atoms with Crippen LogP contribution in [-0.4, -0.2) is 47.9 Å². The van der Waals surface area contributed by atoms with Gasteiger partial charge < -0.3 is 15.1 Å². The fourth-order valence-electron chi connectivity index (χ4n) is 1.86. The fraction of sp³-hybridized carbons (Fsp3) is 0.667. The maximum Gasteiger partial charge on any atom is 0.321 e. The summed E-state index contributed by atoms with van der Waals surface area (Å²) < 4.78 is 0. The minimum absolute atomic E-state index is 0.0647. The molecule has 2 fully saturated rings. The lowest BCUT2D eigenvalue weighted by atomic mass is 10.3. The van der Waals surface area contributed by atoms with E-state index >= 15 is 0 Å². The third-order valence-electron chi connectivity index (χ3n) is 3.21. The SMILES string of the molecule is CC(=O)N1CCN(C(=O)N/C=C/C2CC2)CC1. The van der Waals surface area contributed by atoms with Gasteiger partial charge in [0.25, 0.3) is 0 Å². The topological polar surface area (TPSA) is 52.7 Å². The quantitative estimate of drug-likeness (QED) is 0.771. The van der Waals surface area contributed by atoms with Crippen LogP contribution in [0.5, 0.6) is 0 Å². The predicted molar refractivity (Wildman–Crippen MR) is 64.2 cm³/mol. The van der Waals surface area contributed by atoms with Crippen LogP contribution in [0.15, 0.2) is 12.3 Å². The van der Waals surface area contributed by atoms with E-state index in [2.05, 4.69) is 5.32 Å². The van der Waals surface area contributed by atoms with Crippen LogP contribution in [0.1, 0.15) is 19.8 Å². The maximum atomic E-state index is 11.7. The number of allylic oxidation sites excluding steroid dienone is 1. The first-order valence-corrected chi connectivity index (χ1v) is 6.14. The van der Waals surface area contributed by atoms with E-state index in [-0.39, 0.29) is 11.9 Å².